The van der Waals surface area contributed by atoms with Crippen LogP contribution >= 0.6 is 0 Å². The second-order valence-corrected chi connectivity index (χ2v) is 5.67. The lowest BCUT2D eigenvalue weighted by atomic mass is 9.93. The van der Waals surface area contributed by atoms with Crippen LogP contribution in [0.2, 0.25) is 0 Å². The van der Waals surface area contributed by atoms with Crippen LogP contribution in [0.25, 0.3) is 11.1 Å². The SMILES string of the molecule is COc1cc(C)c(-c2cccc3c2O[C@@H](CN)CN3)c(C)c1. The molecular formula is C18H22N2O2. The summed E-state index contributed by atoms with van der Waals surface area (Å²) >= 11 is 0. The molecule has 2 aromatic carbocycles. The van der Waals surface area contributed by atoms with Crippen molar-refractivity contribution in [2.75, 3.05) is 25.5 Å². The highest BCUT2D eigenvalue weighted by Gasteiger charge is 2.22. The van der Waals surface area contributed by atoms with Crippen molar-refractivity contribution < 1.29 is 9.47 Å². The Balaban J connectivity index is 2.14. The molecule has 1 aliphatic heterocycles. The molecule has 0 aliphatic carbocycles. The predicted molar refractivity (Wildman–Crippen MR) is 89.9 cm³/mol. The van der Waals surface area contributed by atoms with E-state index >= 15 is 0 Å². The Kier molecular flexibility index (Phi) is 3.94. The fourth-order valence-corrected chi connectivity index (χ4v) is 3.03. The van der Waals surface area contributed by atoms with Crippen molar-refractivity contribution in [1.82, 2.24) is 0 Å². The number of aryl methyl sites for hydroxylation is 2. The number of nitrogens with one attached hydrogen (secondary N) is 1. The van der Waals surface area contributed by atoms with E-state index in [-0.39, 0.29) is 6.10 Å². The molecule has 1 atom stereocenters. The number of rotatable bonds is 3. The highest BCUT2D eigenvalue weighted by Crippen LogP contribution is 2.42. The number of ether oxygens (including phenoxy) is 2. The zero-order valence-corrected chi connectivity index (χ0v) is 13.3. The van der Waals surface area contributed by atoms with Gasteiger partial charge < -0.3 is 20.5 Å². The van der Waals surface area contributed by atoms with Crippen LogP contribution in [-0.4, -0.2) is 26.3 Å². The maximum Gasteiger partial charge on any atom is 0.150 e. The van der Waals surface area contributed by atoms with E-state index in [0.717, 1.165) is 29.3 Å². The molecule has 0 unspecified atom stereocenters. The second-order valence-electron chi connectivity index (χ2n) is 5.67. The van der Waals surface area contributed by atoms with E-state index < -0.39 is 0 Å². The molecule has 4 heteroatoms. The van der Waals surface area contributed by atoms with Crippen LogP contribution < -0.4 is 20.5 Å². The van der Waals surface area contributed by atoms with Crippen LogP contribution in [0.15, 0.2) is 30.3 Å². The topological polar surface area (TPSA) is 56.5 Å². The van der Waals surface area contributed by atoms with Crippen LogP contribution in [0.5, 0.6) is 11.5 Å². The Labute approximate surface area is 131 Å². The van der Waals surface area contributed by atoms with Crippen molar-refractivity contribution >= 4 is 5.69 Å². The second kappa shape index (κ2) is 5.89. The predicted octanol–water partition coefficient (Wildman–Crippen LogP) is 3.11. The van der Waals surface area contributed by atoms with E-state index in [2.05, 4.69) is 43.4 Å². The average molecular weight is 298 g/mol. The van der Waals surface area contributed by atoms with E-state index in [1.165, 1.54) is 16.7 Å². The van der Waals surface area contributed by atoms with Gasteiger partial charge in [0.2, 0.25) is 0 Å². The number of fused-ring (bicyclic) bond motifs is 1. The molecule has 1 aliphatic rings. The number of methoxy groups -OCH3 is 1. The average Bonchev–Trinajstić information content (AvgIpc) is 2.53. The van der Waals surface area contributed by atoms with E-state index in [0.29, 0.717) is 6.54 Å². The first-order chi connectivity index (χ1) is 10.6. The summed E-state index contributed by atoms with van der Waals surface area (Å²) in [4.78, 5) is 0. The number of nitrogens with two attached hydrogens (primary N) is 1. The van der Waals surface area contributed by atoms with Gasteiger partial charge in [0.1, 0.15) is 11.9 Å². The van der Waals surface area contributed by atoms with Crippen LogP contribution in [0.1, 0.15) is 11.1 Å². The lowest BCUT2D eigenvalue weighted by Crippen LogP contribution is -2.37. The fourth-order valence-electron chi connectivity index (χ4n) is 3.03. The summed E-state index contributed by atoms with van der Waals surface area (Å²) in [6, 6.07) is 10.3. The number of hydrogen-bond donors (Lipinski definition) is 2. The van der Waals surface area contributed by atoms with Gasteiger partial charge in [0, 0.05) is 12.1 Å². The van der Waals surface area contributed by atoms with E-state index in [9.17, 15) is 0 Å². The van der Waals surface area contributed by atoms with Gasteiger partial charge in [-0.1, -0.05) is 12.1 Å². The van der Waals surface area contributed by atoms with Crippen molar-refractivity contribution in [3.05, 3.63) is 41.5 Å². The lowest BCUT2D eigenvalue weighted by Gasteiger charge is -2.29. The minimum absolute atomic E-state index is 0.00695. The van der Waals surface area contributed by atoms with Crippen molar-refractivity contribution in [3.8, 4) is 22.6 Å². The summed E-state index contributed by atoms with van der Waals surface area (Å²) in [6.07, 6.45) is 0.00695. The minimum atomic E-state index is 0.00695. The smallest absolute Gasteiger partial charge is 0.150 e. The Morgan fingerprint density at radius 2 is 2.00 bits per heavy atom. The van der Waals surface area contributed by atoms with Crippen molar-refractivity contribution in [1.29, 1.82) is 0 Å². The van der Waals surface area contributed by atoms with Crippen LogP contribution in [0.4, 0.5) is 5.69 Å². The first-order valence-corrected chi connectivity index (χ1v) is 7.53. The normalized spacial score (nSPS) is 16.5. The minimum Gasteiger partial charge on any atom is -0.497 e. The fraction of sp³-hybridized carbons (Fsp3) is 0.333. The Morgan fingerprint density at radius 3 is 2.64 bits per heavy atom. The molecule has 0 spiro atoms. The molecule has 1 heterocycles. The van der Waals surface area contributed by atoms with Gasteiger partial charge in [-0.25, -0.2) is 0 Å². The third-order valence-corrected chi connectivity index (χ3v) is 4.09. The number of hydrogen-bond acceptors (Lipinski definition) is 4. The van der Waals surface area contributed by atoms with Crippen molar-refractivity contribution in [2.45, 2.75) is 20.0 Å². The molecule has 4 nitrogen and oxygen atoms in total. The molecule has 0 fully saturated rings. The molecule has 3 rings (SSSR count). The third-order valence-electron chi connectivity index (χ3n) is 4.09. The maximum absolute atomic E-state index is 6.11. The van der Waals surface area contributed by atoms with Gasteiger partial charge in [-0.05, 0) is 48.7 Å². The van der Waals surface area contributed by atoms with E-state index in [1.54, 1.807) is 7.11 Å². The van der Waals surface area contributed by atoms with Gasteiger partial charge in [0.15, 0.2) is 5.75 Å². The Morgan fingerprint density at radius 1 is 1.27 bits per heavy atom. The molecule has 0 aromatic heterocycles. The zero-order chi connectivity index (χ0) is 15.7. The Hall–Kier alpha value is -2.20. The quantitative estimate of drug-likeness (QED) is 0.914. The molecule has 2 aromatic rings. The van der Waals surface area contributed by atoms with E-state index in [1.807, 2.05) is 6.07 Å². The van der Waals surface area contributed by atoms with Crippen LogP contribution in [0, 0.1) is 13.8 Å². The summed E-state index contributed by atoms with van der Waals surface area (Å²) < 4.78 is 11.5. The molecule has 0 saturated carbocycles. The van der Waals surface area contributed by atoms with Crippen LogP contribution in [-0.2, 0) is 0 Å². The highest BCUT2D eigenvalue weighted by molar-refractivity contribution is 5.82. The van der Waals surface area contributed by atoms with Gasteiger partial charge in [-0.15, -0.1) is 0 Å². The molecular weight excluding hydrogens is 276 g/mol. The molecule has 3 N–H and O–H groups in total. The molecule has 0 radical (unpaired) electrons. The summed E-state index contributed by atoms with van der Waals surface area (Å²) in [7, 11) is 1.69. The van der Waals surface area contributed by atoms with E-state index in [4.69, 9.17) is 15.2 Å². The monoisotopic (exact) mass is 298 g/mol. The first kappa shape index (κ1) is 14.7. The molecule has 0 amide bonds. The van der Waals surface area contributed by atoms with Gasteiger partial charge >= 0.3 is 0 Å². The maximum atomic E-state index is 6.11. The lowest BCUT2D eigenvalue weighted by molar-refractivity contribution is 0.215. The van der Waals surface area contributed by atoms with Gasteiger partial charge in [0.25, 0.3) is 0 Å². The standard InChI is InChI=1S/C18H22N2O2/c1-11-7-13(21-3)8-12(2)17(11)15-5-4-6-16-18(15)22-14(9-19)10-20-16/h4-8,14,20H,9-10,19H2,1-3H3/t14-/m0/s1. The Bertz CT molecular complexity index is 674. The van der Waals surface area contributed by atoms with Crippen molar-refractivity contribution in [2.24, 2.45) is 5.73 Å². The highest BCUT2D eigenvalue weighted by atomic mass is 16.5. The van der Waals surface area contributed by atoms with Crippen molar-refractivity contribution in [3.63, 3.8) is 0 Å². The third kappa shape index (κ3) is 2.50. The first-order valence-electron chi connectivity index (χ1n) is 7.53. The van der Waals surface area contributed by atoms with Gasteiger partial charge in [-0.3, -0.25) is 0 Å². The number of benzene rings is 2. The molecule has 0 saturated heterocycles. The summed E-state index contributed by atoms with van der Waals surface area (Å²) in [6.45, 7) is 5.44. The molecule has 22 heavy (non-hydrogen) atoms. The van der Waals surface area contributed by atoms with Gasteiger partial charge in [-0.2, -0.15) is 0 Å². The summed E-state index contributed by atoms with van der Waals surface area (Å²) in [5, 5.41) is 3.41. The summed E-state index contributed by atoms with van der Waals surface area (Å²) in [5.74, 6) is 1.77. The number of para-hydroxylation sites is 1. The largest absolute Gasteiger partial charge is 0.497 e. The number of anilines is 1. The summed E-state index contributed by atoms with van der Waals surface area (Å²) in [5.41, 5.74) is 11.4. The van der Waals surface area contributed by atoms with Gasteiger partial charge in [0.05, 0.1) is 19.3 Å². The van der Waals surface area contributed by atoms with Crippen LogP contribution in [0.3, 0.4) is 0 Å². The molecule has 0 bridgehead atoms. The molecule has 116 valence electrons. The zero-order valence-electron chi connectivity index (χ0n) is 13.3.